The number of rotatable bonds is 4. The Hall–Kier alpha value is -1.59. The van der Waals surface area contributed by atoms with Gasteiger partial charge in [0.15, 0.2) is 0 Å². The number of benzene rings is 1. The fourth-order valence-corrected chi connectivity index (χ4v) is 2.01. The Morgan fingerprint density at radius 3 is 2.95 bits per heavy atom. The minimum Gasteiger partial charge on any atom is -0.445 e. The van der Waals surface area contributed by atoms with E-state index in [1.165, 1.54) is 0 Å². The topological polar surface area (TPSA) is 59.0 Å². The van der Waals surface area contributed by atoms with Crippen LogP contribution in [0.5, 0.6) is 0 Å². The van der Waals surface area contributed by atoms with Crippen molar-refractivity contribution in [1.29, 1.82) is 0 Å². The van der Waals surface area contributed by atoms with Crippen molar-refractivity contribution in [3.05, 3.63) is 35.9 Å². The predicted octanol–water partition coefficient (Wildman–Crippen LogP) is 1.41. The maximum atomic E-state index is 11.9. The van der Waals surface area contributed by atoms with Crippen LogP contribution >= 0.6 is 0 Å². The molecule has 1 fully saturated rings. The summed E-state index contributed by atoms with van der Waals surface area (Å²) in [5.41, 5.74) is 0.969. The van der Waals surface area contributed by atoms with Gasteiger partial charge < -0.3 is 19.5 Å². The van der Waals surface area contributed by atoms with Crippen LogP contribution < -0.4 is 0 Å². The average Bonchev–Trinajstić information content (AvgIpc) is 2.46. The number of aliphatic hydroxyl groups is 1. The number of amides is 1. The highest BCUT2D eigenvalue weighted by Crippen LogP contribution is 2.10. The molecule has 1 aliphatic rings. The molecule has 1 aromatic rings. The monoisotopic (exact) mass is 265 g/mol. The molecular weight excluding hydrogens is 246 g/mol. The van der Waals surface area contributed by atoms with Crippen LogP contribution in [-0.4, -0.2) is 48.5 Å². The minimum absolute atomic E-state index is 0.0670. The highest BCUT2D eigenvalue weighted by Gasteiger charge is 2.24. The molecule has 2 rings (SSSR count). The lowest BCUT2D eigenvalue weighted by atomic mass is 10.2. The number of carbonyl (C=O) groups is 1. The summed E-state index contributed by atoms with van der Waals surface area (Å²) in [6.07, 6.45) is 0.126. The number of hydrogen-bond donors (Lipinski definition) is 1. The van der Waals surface area contributed by atoms with E-state index in [0.29, 0.717) is 26.1 Å². The molecule has 1 saturated heterocycles. The fourth-order valence-electron chi connectivity index (χ4n) is 2.01. The van der Waals surface area contributed by atoms with E-state index < -0.39 is 0 Å². The lowest BCUT2D eigenvalue weighted by Gasteiger charge is -2.31. The standard InChI is InChI=1S/C14H19NO4/c16-8-6-13-10-15(7-9-18-13)14(17)19-11-12-4-2-1-3-5-12/h1-5,13,16H,6-11H2. The second-order valence-electron chi connectivity index (χ2n) is 4.49. The molecule has 1 amide bonds. The molecule has 0 spiro atoms. The van der Waals surface area contributed by atoms with Gasteiger partial charge in [0.2, 0.25) is 0 Å². The van der Waals surface area contributed by atoms with Gasteiger partial charge in [-0.3, -0.25) is 0 Å². The third-order valence-corrected chi connectivity index (χ3v) is 3.05. The van der Waals surface area contributed by atoms with Gasteiger partial charge in [-0.25, -0.2) is 4.79 Å². The lowest BCUT2D eigenvalue weighted by Crippen LogP contribution is -2.46. The zero-order valence-corrected chi connectivity index (χ0v) is 10.8. The van der Waals surface area contributed by atoms with E-state index in [1.807, 2.05) is 30.3 Å². The summed E-state index contributed by atoms with van der Waals surface area (Å²) in [5, 5.41) is 8.88. The number of aliphatic hydroxyl groups excluding tert-OH is 1. The number of ether oxygens (including phenoxy) is 2. The Morgan fingerprint density at radius 2 is 2.21 bits per heavy atom. The molecule has 19 heavy (non-hydrogen) atoms. The van der Waals surface area contributed by atoms with Crippen LogP contribution in [0.2, 0.25) is 0 Å². The Kier molecular flexibility index (Phi) is 5.18. The first-order valence-electron chi connectivity index (χ1n) is 6.47. The molecule has 5 nitrogen and oxygen atoms in total. The molecule has 0 bridgehead atoms. The van der Waals surface area contributed by atoms with E-state index >= 15 is 0 Å². The van der Waals surface area contributed by atoms with Crippen molar-refractivity contribution in [2.45, 2.75) is 19.1 Å². The van der Waals surface area contributed by atoms with Gasteiger partial charge in [-0.2, -0.15) is 0 Å². The molecule has 0 aliphatic carbocycles. The summed E-state index contributed by atoms with van der Waals surface area (Å²) in [6.45, 7) is 1.86. The van der Waals surface area contributed by atoms with Crippen molar-refractivity contribution in [3.63, 3.8) is 0 Å². The van der Waals surface area contributed by atoms with Crippen LogP contribution in [0, 0.1) is 0 Å². The van der Waals surface area contributed by atoms with Gasteiger partial charge in [0.1, 0.15) is 6.61 Å². The first kappa shape index (κ1) is 13.8. The van der Waals surface area contributed by atoms with Crippen LogP contribution in [0.15, 0.2) is 30.3 Å². The van der Waals surface area contributed by atoms with Crippen LogP contribution in [0.4, 0.5) is 4.79 Å². The molecule has 1 atom stereocenters. The second-order valence-corrected chi connectivity index (χ2v) is 4.49. The summed E-state index contributed by atoms with van der Waals surface area (Å²) in [4.78, 5) is 13.5. The van der Waals surface area contributed by atoms with E-state index in [0.717, 1.165) is 5.56 Å². The second kappa shape index (κ2) is 7.11. The van der Waals surface area contributed by atoms with Gasteiger partial charge in [-0.1, -0.05) is 30.3 Å². The van der Waals surface area contributed by atoms with E-state index in [4.69, 9.17) is 14.6 Å². The minimum atomic E-state index is -0.324. The first-order valence-corrected chi connectivity index (χ1v) is 6.47. The lowest BCUT2D eigenvalue weighted by molar-refractivity contribution is -0.0369. The number of nitrogens with zero attached hydrogens (tertiary/aromatic N) is 1. The van der Waals surface area contributed by atoms with Gasteiger partial charge in [0, 0.05) is 13.2 Å². The number of morpholine rings is 1. The first-order chi connectivity index (χ1) is 9.29. The van der Waals surface area contributed by atoms with E-state index in [9.17, 15) is 4.79 Å². The van der Waals surface area contributed by atoms with Crippen LogP contribution in [0.3, 0.4) is 0 Å². The van der Waals surface area contributed by atoms with Crippen LogP contribution in [0.1, 0.15) is 12.0 Å². The molecule has 1 aromatic carbocycles. The average molecular weight is 265 g/mol. The summed E-state index contributed by atoms with van der Waals surface area (Å²) >= 11 is 0. The molecule has 5 heteroatoms. The van der Waals surface area contributed by atoms with Crippen molar-refractivity contribution in [2.24, 2.45) is 0 Å². The highest BCUT2D eigenvalue weighted by molar-refractivity contribution is 5.67. The number of hydrogen-bond acceptors (Lipinski definition) is 4. The SMILES string of the molecule is O=C(OCc1ccccc1)N1CCOC(CCO)C1. The van der Waals surface area contributed by atoms with E-state index in [-0.39, 0.29) is 25.4 Å². The third kappa shape index (κ3) is 4.22. The molecule has 0 saturated carbocycles. The summed E-state index contributed by atoms with van der Waals surface area (Å²) < 4.78 is 10.7. The summed E-state index contributed by atoms with van der Waals surface area (Å²) in [6, 6.07) is 9.58. The van der Waals surface area contributed by atoms with E-state index in [2.05, 4.69) is 0 Å². The Balaban J connectivity index is 1.79. The van der Waals surface area contributed by atoms with Crippen molar-refractivity contribution < 1.29 is 19.4 Å². The van der Waals surface area contributed by atoms with E-state index in [1.54, 1.807) is 4.90 Å². The van der Waals surface area contributed by atoms with Crippen molar-refractivity contribution >= 4 is 6.09 Å². The van der Waals surface area contributed by atoms with Crippen molar-refractivity contribution in [3.8, 4) is 0 Å². The Morgan fingerprint density at radius 1 is 1.42 bits per heavy atom. The molecule has 104 valence electrons. The molecule has 1 unspecified atom stereocenters. The van der Waals surface area contributed by atoms with Crippen LogP contribution in [0.25, 0.3) is 0 Å². The maximum absolute atomic E-state index is 11.9. The highest BCUT2D eigenvalue weighted by atomic mass is 16.6. The number of carbonyl (C=O) groups excluding carboxylic acids is 1. The fraction of sp³-hybridized carbons (Fsp3) is 0.500. The predicted molar refractivity (Wildman–Crippen MR) is 69.6 cm³/mol. The van der Waals surface area contributed by atoms with Crippen LogP contribution in [-0.2, 0) is 16.1 Å². The Bertz CT molecular complexity index is 394. The molecule has 1 aliphatic heterocycles. The third-order valence-electron chi connectivity index (χ3n) is 3.05. The van der Waals surface area contributed by atoms with Gasteiger partial charge in [0.05, 0.1) is 19.3 Å². The van der Waals surface area contributed by atoms with Gasteiger partial charge in [-0.05, 0) is 12.0 Å². The van der Waals surface area contributed by atoms with Gasteiger partial charge in [0.25, 0.3) is 0 Å². The normalized spacial score (nSPS) is 19.2. The molecule has 0 aromatic heterocycles. The zero-order chi connectivity index (χ0) is 13.5. The van der Waals surface area contributed by atoms with Gasteiger partial charge in [-0.15, -0.1) is 0 Å². The summed E-state index contributed by atoms with van der Waals surface area (Å²) in [7, 11) is 0. The smallest absolute Gasteiger partial charge is 0.410 e. The van der Waals surface area contributed by atoms with Crippen molar-refractivity contribution in [2.75, 3.05) is 26.3 Å². The largest absolute Gasteiger partial charge is 0.445 e. The maximum Gasteiger partial charge on any atom is 0.410 e. The quantitative estimate of drug-likeness (QED) is 0.894. The van der Waals surface area contributed by atoms with Gasteiger partial charge >= 0.3 is 6.09 Å². The Labute approximate surface area is 112 Å². The molecule has 1 heterocycles. The zero-order valence-electron chi connectivity index (χ0n) is 10.8. The molecule has 0 radical (unpaired) electrons. The molecule has 1 N–H and O–H groups in total. The molecular formula is C14H19NO4. The summed E-state index contributed by atoms with van der Waals surface area (Å²) in [5.74, 6) is 0. The van der Waals surface area contributed by atoms with Crippen molar-refractivity contribution in [1.82, 2.24) is 4.90 Å².